The zero-order valence-electron chi connectivity index (χ0n) is 30.7. The maximum absolute atomic E-state index is 14.5. The van der Waals surface area contributed by atoms with Crippen LogP contribution in [0.2, 0.25) is 0 Å². The number of hydrogen-bond acceptors (Lipinski definition) is 8. The van der Waals surface area contributed by atoms with E-state index in [9.17, 15) is 29.1 Å². The van der Waals surface area contributed by atoms with Crippen molar-refractivity contribution in [2.45, 2.75) is 25.5 Å². The molecule has 0 saturated carbocycles. The molecule has 0 unspecified atom stereocenters. The van der Waals surface area contributed by atoms with Crippen LogP contribution in [-0.4, -0.2) is 71.1 Å². The average molecular weight is 770 g/mol. The quantitative estimate of drug-likeness (QED) is 0.0403. The highest BCUT2D eigenvalue weighted by atomic mass is 31.2. The number of carboxylic acids is 1. The third kappa shape index (κ3) is 7.97. The first-order chi connectivity index (χ1) is 27.1. The Labute approximate surface area is 324 Å². The van der Waals surface area contributed by atoms with E-state index in [4.69, 9.17) is 14.2 Å². The third-order valence-corrected chi connectivity index (χ3v) is 13.7. The number of carbonyl (C=O) groups is 5. The maximum atomic E-state index is 14.5. The molecule has 10 nitrogen and oxygen atoms in total. The SMILES string of the molecule is C=CCOC(=O)O[C@H](C)[C@H]1C(=O)N(C=P(c2ccccc2)(c2ccccc2)c2ccccc2C(=O)OCC=C)[C@@H]1CC(=O)c1ccc2cc(C(=O)O)ccc2c1. The predicted molar refractivity (Wildman–Crippen MR) is 218 cm³/mol. The van der Waals surface area contributed by atoms with Gasteiger partial charge in [-0.3, -0.25) is 9.59 Å². The van der Waals surface area contributed by atoms with Crippen LogP contribution in [0.4, 0.5) is 4.79 Å². The van der Waals surface area contributed by atoms with Gasteiger partial charge >= 0.3 is 18.1 Å². The summed E-state index contributed by atoms with van der Waals surface area (Å²) in [4.78, 5) is 68.1. The Morgan fingerprint density at radius 1 is 0.768 bits per heavy atom. The summed E-state index contributed by atoms with van der Waals surface area (Å²) < 4.78 is 16.2. The highest BCUT2D eigenvalue weighted by Gasteiger charge is 2.52. The molecule has 0 aliphatic carbocycles. The fraction of sp³-hybridized carbons (Fsp3) is 0.156. The number of likely N-dealkylation sites (tertiary alicyclic amines) is 1. The predicted octanol–water partition coefficient (Wildman–Crippen LogP) is 6.76. The van der Waals surface area contributed by atoms with Crippen molar-refractivity contribution < 1.29 is 43.3 Å². The molecule has 1 N–H and O–H groups in total. The molecule has 1 amide bonds. The van der Waals surface area contributed by atoms with E-state index in [1.54, 1.807) is 48.2 Å². The third-order valence-electron chi connectivity index (χ3n) is 9.68. The molecule has 5 aromatic rings. The minimum atomic E-state index is -3.08. The summed E-state index contributed by atoms with van der Waals surface area (Å²) in [6.07, 6.45) is 0.786. The molecule has 1 saturated heterocycles. The standard InChI is InChI=1S/C45H40NO9P/c1-4-24-53-44(51)37-18-12-13-19-40(37)56(35-14-8-6-9-15-35,36-16-10-7-11-17-36)29-46-38(41(42(46)48)30(3)55-45(52)54-25-5-2)28-39(47)33-22-20-32-27-34(43(49)50)23-21-31(32)26-33/h4-23,26-27,29-30,38,41H,1-2,24-25,28H2,3H3,(H,49,50)/t30-,38-,41-/m1/s1. The van der Waals surface area contributed by atoms with E-state index in [-0.39, 0.29) is 36.9 Å². The lowest BCUT2D eigenvalue weighted by Crippen LogP contribution is -2.65. The molecule has 0 bridgehead atoms. The Bertz CT molecular complexity index is 2330. The number of esters is 1. The Hall–Kier alpha value is -6.51. The Kier molecular flexibility index (Phi) is 12.1. The number of hydrogen-bond donors (Lipinski definition) is 1. The van der Waals surface area contributed by atoms with Crippen molar-refractivity contribution in [1.82, 2.24) is 4.90 Å². The molecule has 3 atom stereocenters. The van der Waals surface area contributed by atoms with Gasteiger partial charge < -0.3 is 24.2 Å². The number of benzene rings is 5. The number of β-lactam (4-membered cyclic amide) rings is 1. The van der Waals surface area contributed by atoms with Gasteiger partial charge in [0.2, 0.25) is 5.91 Å². The van der Waals surface area contributed by atoms with E-state index in [0.29, 0.717) is 27.2 Å². The van der Waals surface area contributed by atoms with Gasteiger partial charge in [-0.05, 0) is 64.8 Å². The molecule has 1 aliphatic rings. The van der Waals surface area contributed by atoms with Gasteiger partial charge in [0.15, 0.2) is 5.78 Å². The lowest BCUT2D eigenvalue weighted by Gasteiger charge is -2.48. The number of fused-ring (bicyclic) bond motifs is 1. The number of amides is 1. The summed E-state index contributed by atoms with van der Waals surface area (Å²) in [7, 11) is 0. The minimum absolute atomic E-state index is 0.00189. The van der Waals surface area contributed by atoms with E-state index in [1.807, 2.05) is 78.7 Å². The molecule has 0 spiro atoms. The van der Waals surface area contributed by atoms with Crippen molar-refractivity contribution in [3.8, 4) is 0 Å². The van der Waals surface area contributed by atoms with E-state index in [1.165, 1.54) is 24.3 Å². The van der Waals surface area contributed by atoms with Crippen LogP contribution in [0, 0.1) is 5.92 Å². The molecule has 5 aromatic carbocycles. The van der Waals surface area contributed by atoms with Gasteiger partial charge in [-0.15, -0.1) is 0 Å². The second-order valence-corrected chi connectivity index (χ2v) is 16.3. The number of carboxylic acid groups (broad SMARTS) is 1. The van der Waals surface area contributed by atoms with Crippen molar-refractivity contribution in [1.29, 1.82) is 0 Å². The van der Waals surface area contributed by atoms with Gasteiger partial charge in [-0.2, -0.15) is 0 Å². The molecule has 11 heteroatoms. The van der Waals surface area contributed by atoms with Gasteiger partial charge in [0, 0.05) is 17.9 Å². The van der Waals surface area contributed by atoms with E-state index in [0.717, 1.165) is 10.6 Å². The summed E-state index contributed by atoms with van der Waals surface area (Å²) in [6.45, 7) is 5.65. The Morgan fingerprint density at radius 3 is 1.93 bits per heavy atom. The Morgan fingerprint density at radius 2 is 1.32 bits per heavy atom. The molecule has 1 aliphatic heterocycles. The molecule has 1 heterocycles. The van der Waals surface area contributed by atoms with Crippen LogP contribution >= 0.6 is 6.89 Å². The van der Waals surface area contributed by atoms with Crippen LogP contribution in [0.1, 0.15) is 44.4 Å². The maximum Gasteiger partial charge on any atom is 0.508 e. The van der Waals surface area contributed by atoms with Crippen LogP contribution in [0.5, 0.6) is 0 Å². The van der Waals surface area contributed by atoms with E-state index >= 15 is 0 Å². The molecular weight excluding hydrogens is 729 g/mol. The zero-order chi connectivity index (χ0) is 39.8. The van der Waals surface area contributed by atoms with Crippen LogP contribution in [0.25, 0.3) is 10.8 Å². The van der Waals surface area contributed by atoms with Gasteiger partial charge in [0.05, 0.1) is 23.1 Å². The molecule has 284 valence electrons. The number of rotatable bonds is 15. The summed E-state index contributed by atoms with van der Waals surface area (Å²) >= 11 is 0. The van der Waals surface area contributed by atoms with Crippen LogP contribution < -0.4 is 15.9 Å². The van der Waals surface area contributed by atoms with Gasteiger partial charge in [-0.1, -0.05) is 122 Å². The number of ketones is 1. The normalized spacial score (nSPS) is 15.5. The Balaban J connectivity index is 1.52. The highest BCUT2D eigenvalue weighted by Crippen LogP contribution is 2.47. The van der Waals surface area contributed by atoms with Crippen LogP contribution in [0.15, 0.2) is 147 Å². The highest BCUT2D eigenvalue weighted by molar-refractivity contribution is 7.94. The molecule has 0 aromatic heterocycles. The lowest BCUT2D eigenvalue weighted by atomic mass is 9.80. The molecule has 1 fully saturated rings. The second-order valence-electron chi connectivity index (χ2n) is 13.1. The summed E-state index contributed by atoms with van der Waals surface area (Å²) in [6, 6.07) is 35.2. The fourth-order valence-electron chi connectivity index (χ4n) is 7.02. The lowest BCUT2D eigenvalue weighted by molar-refractivity contribution is -0.154. The summed E-state index contributed by atoms with van der Waals surface area (Å²) in [5.41, 5.74) is 0.797. The summed E-state index contributed by atoms with van der Waals surface area (Å²) in [5, 5.41) is 13.1. The van der Waals surface area contributed by atoms with Crippen LogP contribution in [-0.2, 0) is 19.0 Å². The average Bonchev–Trinajstić information content (AvgIpc) is 3.22. The first-order valence-electron chi connectivity index (χ1n) is 17.9. The second kappa shape index (κ2) is 17.3. The van der Waals surface area contributed by atoms with E-state index < -0.39 is 43.0 Å². The van der Waals surface area contributed by atoms with Gasteiger partial charge in [-0.25, -0.2) is 14.4 Å². The number of carbonyl (C=O) groups excluding carboxylic acids is 4. The number of aromatic carboxylic acids is 1. The fourth-order valence-corrected chi connectivity index (χ4v) is 11.1. The van der Waals surface area contributed by atoms with Crippen molar-refractivity contribution >= 4 is 69.3 Å². The van der Waals surface area contributed by atoms with Crippen molar-refractivity contribution in [2.24, 2.45) is 5.92 Å². The summed E-state index contributed by atoms with van der Waals surface area (Å²) in [5.74, 6) is -1.34. The molecular formula is C45H40NO9P. The number of nitrogens with zero attached hydrogens (tertiary/aromatic N) is 1. The smallest absolute Gasteiger partial charge is 0.478 e. The first-order valence-corrected chi connectivity index (χ1v) is 19.7. The van der Waals surface area contributed by atoms with Crippen molar-refractivity contribution in [3.63, 3.8) is 0 Å². The van der Waals surface area contributed by atoms with Gasteiger partial charge in [0.1, 0.15) is 19.3 Å². The topological polar surface area (TPSA) is 137 Å². The minimum Gasteiger partial charge on any atom is -0.478 e. The first kappa shape index (κ1) is 39.2. The van der Waals surface area contributed by atoms with Gasteiger partial charge in [0.25, 0.3) is 0 Å². The number of Topliss-reactive ketones (excluding diaryl/α,β-unsaturated/α-hetero) is 1. The zero-order valence-corrected chi connectivity index (χ0v) is 31.5. The van der Waals surface area contributed by atoms with Crippen molar-refractivity contribution in [2.75, 3.05) is 13.2 Å². The monoisotopic (exact) mass is 769 g/mol. The van der Waals surface area contributed by atoms with Crippen LogP contribution in [0.3, 0.4) is 0 Å². The largest absolute Gasteiger partial charge is 0.508 e. The number of ether oxygens (including phenoxy) is 3. The molecule has 0 radical (unpaired) electrons. The van der Waals surface area contributed by atoms with Crippen molar-refractivity contribution in [3.05, 3.63) is 163 Å². The molecule has 56 heavy (non-hydrogen) atoms. The van der Waals surface area contributed by atoms with E-state index in [2.05, 4.69) is 13.2 Å². The molecule has 6 rings (SSSR count).